The smallest absolute Gasteiger partial charge is 0.331 e. The van der Waals surface area contributed by atoms with Gasteiger partial charge in [0.25, 0.3) is 10.1 Å². The fourth-order valence-corrected chi connectivity index (χ4v) is 15.7. The lowest BCUT2D eigenvalue weighted by Gasteiger charge is -2.27. The lowest BCUT2D eigenvalue weighted by molar-refractivity contribution is -0.159. The number of unbranched alkanes of at least 4 members (excludes halogenated alkanes) is 23. The van der Waals surface area contributed by atoms with Crippen LogP contribution in [0, 0.1) is 6.92 Å². The molecule has 5 rings (SSSR count). The molecular formula is C84H148O19S. The molecule has 19 nitrogen and oxygen atoms in total. The molecule has 0 bridgehead atoms. The van der Waals surface area contributed by atoms with Gasteiger partial charge in [0.2, 0.25) is 0 Å². The van der Waals surface area contributed by atoms with Crippen molar-refractivity contribution in [3.63, 3.8) is 0 Å². The van der Waals surface area contributed by atoms with Crippen LogP contribution in [0.5, 0.6) is 0 Å². The summed E-state index contributed by atoms with van der Waals surface area (Å²) in [7, 11) is 1.00. The minimum absolute atomic E-state index is 0.0101. The molecule has 104 heavy (non-hydrogen) atoms. The zero-order valence-electron chi connectivity index (χ0n) is 66.7. The van der Waals surface area contributed by atoms with E-state index in [-0.39, 0.29) is 97.9 Å². The standard InChI is InChI=1S/C50H86O12S.C32H56O7.C2H6/c1-7-8-9-10-11-12-13-14-15-22-27-46(58-38-55-5)48-33-34-49(61-48)47(59-39-56-6)28-23-17-16-19-24-43(62-63(52,53)45-31-29-40(2)30-32-45)25-20-18-21-26-44(57-37-54-4)35-42-36-50(51)60-41(42)3;1-3-4-5-6-7-8-12-18-28(35)30-20-21-31(39-30)29(36)19-14-13-16-26(33)15-10-9-11-17-27(34)22-25-23-32(37)38-24(25)2;1-2/h29-32,36,41,43-44,46-49H,7-28,33-35,37-39H2,1-6H3;23-24,27-31,34-36H,3-22H2,1-2H3;1-2H3/t41-,43?,44+,46-,47-,48-,49-;24-,27+,28-,29-,30-,31-;/m00./s1. The van der Waals surface area contributed by atoms with Gasteiger partial charge in [-0.2, -0.15) is 8.42 Å². The Balaban J connectivity index is 0.000000586. The highest BCUT2D eigenvalue weighted by Gasteiger charge is 2.38. The second-order valence-corrected chi connectivity index (χ2v) is 31.2. The molecule has 1 aromatic carbocycles. The van der Waals surface area contributed by atoms with E-state index in [0.29, 0.717) is 51.4 Å². The van der Waals surface area contributed by atoms with Gasteiger partial charge in [0.15, 0.2) is 0 Å². The van der Waals surface area contributed by atoms with E-state index in [1.165, 1.54) is 102 Å². The van der Waals surface area contributed by atoms with Crippen molar-refractivity contribution in [1.29, 1.82) is 0 Å². The molecule has 2 saturated heterocycles. The summed E-state index contributed by atoms with van der Waals surface area (Å²) in [4.78, 5) is 35.4. The van der Waals surface area contributed by atoms with Crippen molar-refractivity contribution in [2.45, 2.75) is 422 Å². The van der Waals surface area contributed by atoms with Gasteiger partial charge in [0, 0.05) is 46.3 Å². The number of carbonyl (C=O) groups is 3. The van der Waals surface area contributed by atoms with E-state index in [2.05, 4.69) is 13.8 Å². The maximum absolute atomic E-state index is 13.4. The topological polar surface area (TPSA) is 248 Å². The fraction of sp³-hybridized carbons (Fsp3) is 0.845. The van der Waals surface area contributed by atoms with E-state index in [1.54, 1.807) is 51.7 Å². The van der Waals surface area contributed by atoms with E-state index >= 15 is 0 Å². The molecule has 20 heteroatoms. The molecule has 0 radical (unpaired) electrons. The van der Waals surface area contributed by atoms with E-state index in [9.17, 15) is 38.1 Å². The maximum atomic E-state index is 13.4. The summed E-state index contributed by atoms with van der Waals surface area (Å²) in [6.45, 7) is 14.8. The van der Waals surface area contributed by atoms with E-state index in [1.807, 2.05) is 34.6 Å². The lowest BCUT2D eigenvalue weighted by atomic mass is 9.98. The van der Waals surface area contributed by atoms with Crippen LogP contribution in [0.15, 0.2) is 52.5 Å². The van der Waals surface area contributed by atoms with Crippen LogP contribution in [0.2, 0.25) is 0 Å². The summed E-state index contributed by atoms with van der Waals surface area (Å²) in [6.07, 6.45) is 44.0. The minimum Gasteiger partial charge on any atom is -0.455 e. The first-order valence-electron chi connectivity index (χ1n) is 41.4. The van der Waals surface area contributed by atoms with Gasteiger partial charge in [0.1, 0.15) is 38.4 Å². The number of rotatable bonds is 63. The van der Waals surface area contributed by atoms with Crippen molar-refractivity contribution >= 4 is 27.8 Å². The molecule has 0 aromatic heterocycles. The average Bonchev–Trinajstić information content (AvgIpc) is 1.13. The van der Waals surface area contributed by atoms with Gasteiger partial charge >= 0.3 is 11.9 Å². The monoisotopic (exact) mass is 1490 g/mol. The molecule has 0 spiro atoms. The summed E-state index contributed by atoms with van der Waals surface area (Å²) < 4.78 is 89.8. The number of ether oxygens (including phenoxy) is 10. The first-order chi connectivity index (χ1) is 50.4. The van der Waals surface area contributed by atoms with Gasteiger partial charge in [-0.3, -0.25) is 8.98 Å². The van der Waals surface area contributed by atoms with Crippen molar-refractivity contribution in [2.24, 2.45) is 0 Å². The van der Waals surface area contributed by atoms with Gasteiger partial charge in [-0.25, -0.2) is 9.59 Å². The van der Waals surface area contributed by atoms with Crippen LogP contribution in [0.3, 0.4) is 0 Å². The molecule has 0 amide bonds. The van der Waals surface area contributed by atoms with Crippen LogP contribution in [0.1, 0.15) is 336 Å². The van der Waals surface area contributed by atoms with Gasteiger partial charge < -0.3 is 62.7 Å². The molecule has 1 unspecified atom stereocenters. The number of hydrogen-bond acceptors (Lipinski definition) is 19. The third-order valence-electron chi connectivity index (χ3n) is 20.8. The van der Waals surface area contributed by atoms with E-state index in [0.717, 1.165) is 158 Å². The van der Waals surface area contributed by atoms with Gasteiger partial charge in [-0.05, 0) is 147 Å². The van der Waals surface area contributed by atoms with Gasteiger partial charge in [-0.1, -0.05) is 219 Å². The molecule has 4 aliphatic rings. The van der Waals surface area contributed by atoms with Crippen molar-refractivity contribution < 1.29 is 89.7 Å². The fourth-order valence-electron chi connectivity index (χ4n) is 14.5. The lowest BCUT2D eigenvalue weighted by Crippen LogP contribution is -2.34. The third kappa shape index (κ3) is 42.7. The molecule has 2 fully saturated rings. The average molecular weight is 1490 g/mol. The highest BCUT2D eigenvalue weighted by atomic mass is 32.2. The van der Waals surface area contributed by atoms with Crippen LogP contribution >= 0.6 is 0 Å². The number of aryl methyl sites for hydroxylation is 1. The summed E-state index contributed by atoms with van der Waals surface area (Å²) in [5, 5.41) is 31.2. The summed E-state index contributed by atoms with van der Waals surface area (Å²) >= 11 is 0. The largest absolute Gasteiger partial charge is 0.455 e. The van der Waals surface area contributed by atoms with Crippen molar-refractivity contribution in [2.75, 3.05) is 41.7 Å². The minimum atomic E-state index is -3.91. The van der Waals surface area contributed by atoms with Crippen LogP contribution < -0.4 is 0 Å². The SMILES string of the molecule is CC.CCCCCCCCCCCC[C@H](OCOC)[C@@H]1CC[C@@H]([C@H](CCCCCCC(CCCCC[C@H](CC2=CC(=O)O[C@H]2C)OCOC)OS(=O)(=O)c2ccc(C)cc2)OCOC)O1.CCCCCCCCC[C@H](O)[C@@H]1CC[C@@H]([C@@H](O)CCCCC(=O)CCCCC[C@@H](O)CC2=CC(=O)O[C@H]2C)O1. The van der Waals surface area contributed by atoms with Crippen LogP contribution in [-0.4, -0.2) is 163 Å². The number of hydrogen-bond donors (Lipinski definition) is 3. The zero-order valence-corrected chi connectivity index (χ0v) is 67.5. The number of carbonyl (C=O) groups excluding carboxylic acids is 3. The number of methoxy groups -OCH3 is 3. The third-order valence-corrected chi connectivity index (χ3v) is 22.2. The Hall–Kier alpha value is -3.22. The number of esters is 2. The molecule has 13 atom stereocenters. The predicted molar refractivity (Wildman–Crippen MR) is 412 cm³/mol. The highest BCUT2D eigenvalue weighted by Crippen LogP contribution is 2.34. The normalized spacial score (nSPS) is 20.9. The number of cyclic esters (lactones) is 2. The molecular weight excluding hydrogens is 1340 g/mol. The van der Waals surface area contributed by atoms with Crippen LogP contribution in [0.25, 0.3) is 0 Å². The van der Waals surface area contributed by atoms with Gasteiger partial charge in [-0.15, -0.1) is 0 Å². The zero-order chi connectivity index (χ0) is 76.0. The molecule has 4 heterocycles. The second-order valence-electron chi connectivity index (χ2n) is 29.7. The summed E-state index contributed by atoms with van der Waals surface area (Å²) in [5.41, 5.74) is 2.77. The van der Waals surface area contributed by atoms with Gasteiger partial charge in [0.05, 0.1) is 72.0 Å². The van der Waals surface area contributed by atoms with Crippen LogP contribution in [-0.2, 0) is 76.1 Å². The number of aliphatic hydroxyl groups is 3. The summed E-state index contributed by atoms with van der Waals surface area (Å²) in [6, 6.07) is 6.83. The predicted octanol–water partition coefficient (Wildman–Crippen LogP) is 18.6. The first-order valence-corrected chi connectivity index (χ1v) is 42.8. The van der Waals surface area contributed by atoms with Crippen LogP contribution in [0.4, 0.5) is 0 Å². The molecule has 1 aromatic rings. The van der Waals surface area contributed by atoms with E-state index < -0.39 is 34.5 Å². The first kappa shape index (κ1) is 95.0. The Bertz CT molecular complexity index is 2490. The quantitative estimate of drug-likeness (QED) is 0.0237. The Morgan fingerprint density at radius 2 is 0.817 bits per heavy atom. The van der Waals surface area contributed by atoms with Crippen molar-refractivity contribution in [3.8, 4) is 0 Å². The highest BCUT2D eigenvalue weighted by molar-refractivity contribution is 7.86. The van der Waals surface area contributed by atoms with E-state index in [4.69, 9.17) is 51.6 Å². The number of aliphatic hydroxyl groups excluding tert-OH is 3. The second kappa shape index (κ2) is 59.6. The molecule has 3 N–H and O–H groups in total. The Morgan fingerprint density at radius 3 is 1.27 bits per heavy atom. The number of Topliss-reactive ketones (excluding diaryl/α,β-unsaturated/α-hetero) is 1. The number of benzene rings is 1. The Kier molecular flexibility index (Phi) is 54.5. The Labute approximate surface area is 630 Å². The molecule has 0 saturated carbocycles. The molecule has 0 aliphatic carbocycles. The van der Waals surface area contributed by atoms with Crippen molar-refractivity contribution in [1.82, 2.24) is 0 Å². The maximum Gasteiger partial charge on any atom is 0.331 e. The molecule has 604 valence electrons. The summed E-state index contributed by atoms with van der Waals surface area (Å²) in [5.74, 6) is -0.381. The number of ketones is 1. The van der Waals surface area contributed by atoms with Crippen molar-refractivity contribution in [3.05, 3.63) is 53.1 Å². The molecule has 4 aliphatic heterocycles. The Morgan fingerprint density at radius 1 is 0.462 bits per heavy atom.